The fourth-order valence-corrected chi connectivity index (χ4v) is 4.05. The van der Waals surface area contributed by atoms with Crippen molar-refractivity contribution in [2.75, 3.05) is 13.1 Å². The largest absolute Gasteiger partial charge is 0.573 e. The normalized spacial score (nSPS) is 14.0. The van der Waals surface area contributed by atoms with E-state index in [4.69, 9.17) is 0 Å². The molecule has 2 nitrogen and oxygen atoms in total. The number of benzene rings is 3. The van der Waals surface area contributed by atoms with Crippen LogP contribution in [0.3, 0.4) is 0 Å². The smallest absolute Gasteiger partial charge is 0.406 e. The van der Waals surface area contributed by atoms with Gasteiger partial charge in [0.05, 0.1) is 6.42 Å². The van der Waals surface area contributed by atoms with E-state index in [1.165, 1.54) is 18.2 Å². The second-order valence-electron chi connectivity index (χ2n) is 8.23. The Bertz CT molecular complexity index is 1060. The zero-order chi connectivity index (χ0) is 24.8. The number of rotatable bonds is 9. The zero-order valence-electron chi connectivity index (χ0n) is 18.5. The molecule has 0 heterocycles. The van der Waals surface area contributed by atoms with E-state index in [9.17, 15) is 26.3 Å². The molecule has 0 aliphatic carbocycles. The third-order valence-corrected chi connectivity index (χ3v) is 5.55. The van der Waals surface area contributed by atoms with E-state index in [-0.39, 0.29) is 18.8 Å². The van der Waals surface area contributed by atoms with Gasteiger partial charge < -0.3 is 10.1 Å². The van der Waals surface area contributed by atoms with E-state index in [0.717, 1.165) is 16.7 Å². The average Bonchev–Trinajstić information content (AvgIpc) is 2.75. The Balaban J connectivity index is 2.11. The van der Waals surface area contributed by atoms with Crippen LogP contribution in [0.4, 0.5) is 26.3 Å². The lowest BCUT2D eigenvalue weighted by atomic mass is 9.70. The van der Waals surface area contributed by atoms with Gasteiger partial charge in [-0.2, -0.15) is 13.2 Å². The molecule has 3 aromatic carbocycles. The van der Waals surface area contributed by atoms with Gasteiger partial charge in [0.2, 0.25) is 0 Å². The third kappa shape index (κ3) is 7.25. The molecule has 0 saturated heterocycles. The maximum Gasteiger partial charge on any atom is 0.573 e. The summed E-state index contributed by atoms with van der Waals surface area (Å²) >= 11 is 0. The highest BCUT2D eigenvalue weighted by Crippen LogP contribution is 2.38. The lowest BCUT2D eigenvalue weighted by Crippen LogP contribution is -2.42. The van der Waals surface area contributed by atoms with Gasteiger partial charge in [-0.25, -0.2) is 0 Å². The third-order valence-electron chi connectivity index (χ3n) is 5.55. The molecule has 1 unspecified atom stereocenters. The number of hydrogen-bond donors (Lipinski definition) is 1. The number of aryl methyl sites for hydroxylation is 1. The van der Waals surface area contributed by atoms with Crippen LogP contribution in [0.5, 0.6) is 5.75 Å². The summed E-state index contributed by atoms with van der Waals surface area (Å²) in [5, 5.41) is 2.90. The van der Waals surface area contributed by atoms with Gasteiger partial charge in [0, 0.05) is 18.5 Å². The van der Waals surface area contributed by atoms with Crippen LogP contribution in [0.25, 0.3) is 0 Å². The molecule has 182 valence electrons. The van der Waals surface area contributed by atoms with Crippen LogP contribution in [-0.4, -0.2) is 25.6 Å². The Morgan fingerprint density at radius 2 is 1.41 bits per heavy atom. The Morgan fingerprint density at radius 1 is 0.765 bits per heavy atom. The summed E-state index contributed by atoms with van der Waals surface area (Å²) in [5.74, 6) is -0.384. The fourth-order valence-electron chi connectivity index (χ4n) is 4.05. The number of ether oxygens (including phenoxy) is 1. The van der Waals surface area contributed by atoms with Gasteiger partial charge in [-0.05, 0) is 42.2 Å². The van der Waals surface area contributed by atoms with E-state index < -0.39 is 24.4 Å². The molecule has 1 N–H and O–H groups in total. The van der Waals surface area contributed by atoms with Crippen LogP contribution in [0.1, 0.15) is 28.7 Å². The molecule has 0 amide bonds. The summed E-state index contributed by atoms with van der Waals surface area (Å²) in [4.78, 5) is 0. The fraction of sp³-hybridized carbons (Fsp3) is 0.308. The first-order valence-corrected chi connectivity index (χ1v) is 10.7. The summed E-state index contributed by atoms with van der Waals surface area (Å²) in [7, 11) is 0. The molecule has 1 atom stereocenters. The summed E-state index contributed by atoms with van der Waals surface area (Å²) in [6.45, 7) is 1.65. The van der Waals surface area contributed by atoms with Gasteiger partial charge in [0.15, 0.2) is 0 Å². The van der Waals surface area contributed by atoms with E-state index in [2.05, 4.69) is 10.1 Å². The lowest BCUT2D eigenvalue weighted by Gasteiger charge is -2.36. The number of halogens is 6. The molecule has 0 spiro atoms. The molecule has 8 heteroatoms. The Morgan fingerprint density at radius 3 is 2.03 bits per heavy atom. The Labute approximate surface area is 194 Å². The molecule has 0 radical (unpaired) electrons. The van der Waals surface area contributed by atoms with Crippen LogP contribution < -0.4 is 10.1 Å². The highest BCUT2D eigenvalue weighted by atomic mass is 19.4. The van der Waals surface area contributed by atoms with Gasteiger partial charge in [0.1, 0.15) is 5.75 Å². The molecule has 0 aliphatic rings. The van der Waals surface area contributed by atoms with Crippen molar-refractivity contribution < 1.29 is 31.1 Å². The summed E-state index contributed by atoms with van der Waals surface area (Å²) in [5.41, 5.74) is 2.14. The highest BCUT2D eigenvalue weighted by Gasteiger charge is 2.37. The van der Waals surface area contributed by atoms with E-state index in [1.54, 1.807) is 6.07 Å². The average molecular weight is 481 g/mol. The van der Waals surface area contributed by atoms with Crippen LogP contribution in [0.15, 0.2) is 78.9 Å². The minimum Gasteiger partial charge on any atom is -0.406 e. The topological polar surface area (TPSA) is 21.3 Å². The zero-order valence-corrected chi connectivity index (χ0v) is 18.5. The lowest BCUT2D eigenvalue weighted by molar-refractivity contribution is -0.274. The molecule has 0 bridgehead atoms. The minimum atomic E-state index is -4.87. The molecular formula is C26H25F6NO. The minimum absolute atomic E-state index is 0.0803. The molecule has 0 saturated carbocycles. The van der Waals surface area contributed by atoms with Gasteiger partial charge >= 0.3 is 12.5 Å². The number of alkyl halides is 6. The first kappa shape index (κ1) is 25.6. The summed E-state index contributed by atoms with van der Waals surface area (Å²) in [6, 6.07) is 22.4. The van der Waals surface area contributed by atoms with Crippen molar-refractivity contribution in [2.45, 2.75) is 37.7 Å². The van der Waals surface area contributed by atoms with Crippen LogP contribution in [-0.2, 0) is 11.8 Å². The van der Waals surface area contributed by atoms with Crippen molar-refractivity contribution in [3.8, 4) is 5.75 Å². The monoisotopic (exact) mass is 481 g/mol. The van der Waals surface area contributed by atoms with E-state index in [1.807, 2.05) is 61.5 Å². The van der Waals surface area contributed by atoms with E-state index >= 15 is 0 Å². The molecule has 0 aliphatic heterocycles. The SMILES string of the molecule is Cc1cccc(C(CNCCC(F)(F)F)(Cc2ccccc2)c2cccc(OC(F)(F)F)c2)c1. The second-order valence-corrected chi connectivity index (χ2v) is 8.23. The quantitative estimate of drug-likeness (QED) is 0.263. The Hall–Kier alpha value is -3.00. The molecule has 3 aromatic rings. The van der Waals surface area contributed by atoms with Crippen molar-refractivity contribution in [3.63, 3.8) is 0 Å². The second kappa shape index (κ2) is 10.5. The Kier molecular flexibility index (Phi) is 7.92. The molecule has 34 heavy (non-hydrogen) atoms. The van der Waals surface area contributed by atoms with Crippen molar-refractivity contribution in [3.05, 3.63) is 101 Å². The van der Waals surface area contributed by atoms with Gasteiger partial charge in [0.25, 0.3) is 0 Å². The maximum absolute atomic E-state index is 12.9. The van der Waals surface area contributed by atoms with Crippen LogP contribution >= 0.6 is 0 Å². The van der Waals surface area contributed by atoms with E-state index in [0.29, 0.717) is 12.0 Å². The summed E-state index contributed by atoms with van der Waals surface area (Å²) in [6.07, 6.45) is -9.85. The predicted octanol–water partition coefficient (Wildman–Crippen LogP) is 6.96. The maximum atomic E-state index is 12.9. The van der Waals surface area contributed by atoms with Crippen molar-refractivity contribution in [2.24, 2.45) is 0 Å². The standard InChI is InChI=1S/C26H25F6NO/c1-19-7-5-10-21(15-19)24(17-20-8-3-2-4-9-20,18-33-14-13-25(27,28)29)22-11-6-12-23(16-22)34-26(30,31)32/h2-12,15-16,33H,13-14,17-18H2,1H3. The molecular weight excluding hydrogens is 456 g/mol. The number of nitrogens with one attached hydrogen (secondary N) is 1. The van der Waals surface area contributed by atoms with Crippen LogP contribution in [0.2, 0.25) is 0 Å². The van der Waals surface area contributed by atoms with Crippen molar-refractivity contribution in [1.29, 1.82) is 0 Å². The molecule has 0 fully saturated rings. The van der Waals surface area contributed by atoms with Crippen molar-refractivity contribution >= 4 is 0 Å². The highest BCUT2D eigenvalue weighted by molar-refractivity contribution is 5.46. The molecule has 3 rings (SSSR count). The van der Waals surface area contributed by atoms with Gasteiger partial charge in [-0.15, -0.1) is 13.2 Å². The van der Waals surface area contributed by atoms with Crippen molar-refractivity contribution in [1.82, 2.24) is 5.32 Å². The number of hydrogen-bond acceptors (Lipinski definition) is 2. The van der Waals surface area contributed by atoms with Gasteiger partial charge in [-0.1, -0.05) is 72.3 Å². The summed E-state index contributed by atoms with van der Waals surface area (Å²) < 4.78 is 81.2. The predicted molar refractivity (Wildman–Crippen MR) is 119 cm³/mol. The first-order valence-electron chi connectivity index (χ1n) is 10.7. The van der Waals surface area contributed by atoms with Gasteiger partial charge in [-0.3, -0.25) is 0 Å². The first-order chi connectivity index (χ1) is 16.0. The molecule has 0 aromatic heterocycles. The van der Waals surface area contributed by atoms with Crippen LogP contribution in [0, 0.1) is 6.92 Å².